The van der Waals surface area contributed by atoms with E-state index in [1.54, 1.807) is 7.11 Å². The van der Waals surface area contributed by atoms with Crippen molar-refractivity contribution in [3.05, 3.63) is 11.4 Å². The molecule has 1 aliphatic rings. The van der Waals surface area contributed by atoms with Gasteiger partial charge in [-0.15, -0.1) is 0 Å². The molecule has 112 valence electrons. The van der Waals surface area contributed by atoms with E-state index in [0.29, 0.717) is 12.1 Å². The summed E-state index contributed by atoms with van der Waals surface area (Å²) >= 11 is 0. The fourth-order valence-corrected chi connectivity index (χ4v) is 2.35. The Hall–Kier alpha value is -1.36. The summed E-state index contributed by atoms with van der Waals surface area (Å²) in [4.78, 5) is 9.21. The summed E-state index contributed by atoms with van der Waals surface area (Å²) in [5.41, 5.74) is 1.11. The quantitative estimate of drug-likeness (QED) is 0.803. The number of aryl methyl sites for hydroxylation is 1. The van der Waals surface area contributed by atoms with Gasteiger partial charge in [0.25, 0.3) is 0 Å². The Bertz CT molecular complexity index is 444. The largest absolute Gasteiger partial charge is 0.381 e. The van der Waals surface area contributed by atoms with Crippen LogP contribution in [0, 0.1) is 6.92 Å². The van der Waals surface area contributed by atoms with Crippen molar-refractivity contribution in [3.8, 4) is 0 Å². The Balaban J connectivity index is 2.10. The second-order valence-electron chi connectivity index (χ2n) is 5.41. The first-order chi connectivity index (χ1) is 9.67. The SMILES string of the molecule is CCCNc1nc(CC)nc(NC2CC(OC)C2)c1C. The molecule has 1 fully saturated rings. The van der Waals surface area contributed by atoms with Crippen molar-refractivity contribution in [2.24, 2.45) is 0 Å². The number of nitrogens with one attached hydrogen (secondary N) is 2. The van der Waals surface area contributed by atoms with Crippen LogP contribution in [0.15, 0.2) is 0 Å². The topological polar surface area (TPSA) is 59.1 Å². The molecule has 0 radical (unpaired) electrons. The van der Waals surface area contributed by atoms with Gasteiger partial charge in [-0.3, -0.25) is 0 Å². The van der Waals surface area contributed by atoms with Gasteiger partial charge in [-0.25, -0.2) is 9.97 Å². The number of hydrogen-bond donors (Lipinski definition) is 2. The molecule has 1 saturated carbocycles. The molecule has 0 spiro atoms. The summed E-state index contributed by atoms with van der Waals surface area (Å²) in [5.74, 6) is 2.82. The van der Waals surface area contributed by atoms with Crippen LogP contribution in [-0.2, 0) is 11.2 Å². The van der Waals surface area contributed by atoms with Gasteiger partial charge in [0.15, 0.2) is 0 Å². The Morgan fingerprint density at radius 3 is 2.50 bits per heavy atom. The first-order valence-corrected chi connectivity index (χ1v) is 7.58. The summed E-state index contributed by atoms with van der Waals surface area (Å²) in [6.07, 6.45) is 4.45. The van der Waals surface area contributed by atoms with Gasteiger partial charge in [0, 0.05) is 31.7 Å². The molecule has 0 unspecified atom stereocenters. The summed E-state index contributed by atoms with van der Waals surface area (Å²) in [6, 6.07) is 0.470. The Morgan fingerprint density at radius 1 is 1.20 bits per heavy atom. The van der Waals surface area contributed by atoms with Crippen LogP contribution in [0.4, 0.5) is 11.6 Å². The lowest BCUT2D eigenvalue weighted by atomic mass is 9.89. The fourth-order valence-electron chi connectivity index (χ4n) is 2.35. The predicted octanol–water partition coefficient (Wildman–Crippen LogP) is 2.76. The van der Waals surface area contributed by atoms with Gasteiger partial charge >= 0.3 is 0 Å². The number of aromatic nitrogens is 2. The van der Waals surface area contributed by atoms with Crippen LogP contribution in [0.2, 0.25) is 0 Å². The number of rotatable bonds is 7. The zero-order valence-corrected chi connectivity index (χ0v) is 13.0. The molecular formula is C15H26N4O. The van der Waals surface area contributed by atoms with E-state index in [-0.39, 0.29) is 0 Å². The van der Waals surface area contributed by atoms with Crippen molar-refractivity contribution in [1.82, 2.24) is 9.97 Å². The number of anilines is 2. The van der Waals surface area contributed by atoms with E-state index in [2.05, 4.69) is 41.4 Å². The Morgan fingerprint density at radius 2 is 1.90 bits per heavy atom. The molecule has 2 rings (SSSR count). The summed E-state index contributed by atoms with van der Waals surface area (Å²) < 4.78 is 5.32. The number of ether oxygens (including phenoxy) is 1. The van der Waals surface area contributed by atoms with Crippen molar-refractivity contribution < 1.29 is 4.74 Å². The van der Waals surface area contributed by atoms with Gasteiger partial charge in [-0.1, -0.05) is 13.8 Å². The predicted molar refractivity (Wildman–Crippen MR) is 82.4 cm³/mol. The van der Waals surface area contributed by atoms with Gasteiger partial charge in [0.1, 0.15) is 17.5 Å². The maximum absolute atomic E-state index is 5.32. The van der Waals surface area contributed by atoms with Crippen molar-refractivity contribution in [3.63, 3.8) is 0 Å². The average Bonchev–Trinajstić information content (AvgIpc) is 2.42. The average molecular weight is 278 g/mol. The molecule has 1 aliphatic carbocycles. The highest BCUT2D eigenvalue weighted by atomic mass is 16.5. The van der Waals surface area contributed by atoms with Gasteiger partial charge in [0.2, 0.25) is 0 Å². The van der Waals surface area contributed by atoms with Gasteiger partial charge < -0.3 is 15.4 Å². The van der Waals surface area contributed by atoms with E-state index in [1.807, 2.05) is 0 Å². The van der Waals surface area contributed by atoms with Crippen LogP contribution in [0.5, 0.6) is 0 Å². The minimum Gasteiger partial charge on any atom is -0.381 e. The highest BCUT2D eigenvalue weighted by molar-refractivity contribution is 5.57. The molecule has 5 nitrogen and oxygen atoms in total. The highest BCUT2D eigenvalue weighted by Gasteiger charge is 2.29. The minimum absolute atomic E-state index is 0.401. The maximum Gasteiger partial charge on any atom is 0.134 e. The molecule has 0 atom stereocenters. The van der Waals surface area contributed by atoms with E-state index in [9.17, 15) is 0 Å². The van der Waals surface area contributed by atoms with Gasteiger partial charge in [-0.05, 0) is 26.2 Å². The van der Waals surface area contributed by atoms with Crippen LogP contribution in [0.1, 0.15) is 44.5 Å². The Labute approximate surface area is 121 Å². The lowest BCUT2D eigenvalue weighted by Gasteiger charge is -2.35. The number of methoxy groups -OCH3 is 1. The Kier molecular flexibility index (Phi) is 5.17. The fraction of sp³-hybridized carbons (Fsp3) is 0.733. The molecule has 1 aromatic heterocycles. The minimum atomic E-state index is 0.401. The van der Waals surface area contributed by atoms with Crippen LogP contribution >= 0.6 is 0 Å². The van der Waals surface area contributed by atoms with Gasteiger partial charge in [0.05, 0.1) is 6.10 Å². The van der Waals surface area contributed by atoms with Crippen LogP contribution in [0.3, 0.4) is 0 Å². The zero-order chi connectivity index (χ0) is 14.5. The van der Waals surface area contributed by atoms with Crippen molar-refractivity contribution >= 4 is 11.6 Å². The first kappa shape index (κ1) is 15.0. The van der Waals surface area contributed by atoms with E-state index in [0.717, 1.165) is 55.3 Å². The highest BCUT2D eigenvalue weighted by Crippen LogP contribution is 2.28. The van der Waals surface area contributed by atoms with E-state index in [4.69, 9.17) is 4.74 Å². The van der Waals surface area contributed by atoms with E-state index < -0.39 is 0 Å². The number of nitrogens with zero attached hydrogens (tertiary/aromatic N) is 2. The van der Waals surface area contributed by atoms with E-state index in [1.165, 1.54) is 0 Å². The summed E-state index contributed by atoms with van der Waals surface area (Å²) in [7, 11) is 1.78. The zero-order valence-electron chi connectivity index (χ0n) is 13.0. The third-order valence-corrected chi connectivity index (χ3v) is 3.82. The third kappa shape index (κ3) is 3.39. The monoisotopic (exact) mass is 278 g/mol. The molecule has 20 heavy (non-hydrogen) atoms. The molecular weight excluding hydrogens is 252 g/mol. The van der Waals surface area contributed by atoms with Crippen molar-refractivity contribution in [2.45, 2.75) is 58.6 Å². The molecule has 0 aliphatic heterocycles. The summed E-state index contributed by atoms with van der Waals surface area (Å²) in [6.45, 7) is 7.26. The number of hydrogen-bond acceptors (Lipinski definition) is 5. The lowest BCUT2D eigenvalue weighted by molar-refractivity contribution is 0.0327. The molecule has 0 saturated heterocycles. The van der Waals surface area contributed by atoms with Crippen LogP contribution < -0.4 is 10.6 Å². The van der Waals surface area contributed by atoms with E-state index >= 15 is 0 Å². The molecule has 2 N–H and O–H groups in total. The van der Waals surface area contributed by atoms with Crippen LogP contribution in [0.25, 0.3) is 0 Å². The smallest absolute Gasteiger partial charge is 0.134 e. The molecule has 5 heteroatoms. The normalized spacial score (nSPS) is 21.4. The molecule has 1 aromatic rings. The molecule has 0 aromatic carbocycles. The second kappa shape index (κ2) is 6.88. The standard InChI is InChI=1S/C15H26N4O/c1-5-7-16-14-10(3)15(19-13(6-2)18-14)17-11-8-12(9-11)20-4/h11-12H,5-9H2,1-4H3,(H2,16,17,18,19). The summed E-state index contributed by atoms with van der Waals surface area (Å²) in [5, 5.41) is 6.92. The molecule has 0 bridgehead atoms. The lowest BCUT2D eigenvalue weighted by Crippen LogP contribution is -2.40. The van der Waals surface area contributed by atoms with Gasteiger partial charge in [-0.2, -0.15) is 0 Å². The molecule has 0 amide bonds. The maximum atomic E-state index is 5.32. The third-order valence-electron chi connectivity index (χ3n) is 3.82. The van der Waals surface area contributed by atoms with Crippen molar-refractivity contribution in [1.29, 1.82) is 0 Å². The van der Waals surface area contributed by atoms with Crippen molar-refractivity contribution in [2.75, 3.05) is 24.3 Å². The second-order valence-corrected chi connectivity index (χ2v) is 5.41. The molecule has 1 heterocycles. The first-order valence-electron chi connectivity index (χ1n) is 7.58. The van der Waals surface area contributed by atoms with Crippen LogP contribution in [-0.4, -0.2) is 35.8 Å².